The molecule has 1 N–H and O–H groups in total. The van der Waals surface area contributed by atoms with Gasteiger partial charge in [-0.2, -0.15) is 0 Å². The van der Waals surface area contributed by atoms with Crippen LogP contribution in [0.3, 0.4) is 0 Å². The Morgan fingerprint density at radius 2 is 1.82 bits per heavy atom. The molecule has 4 heteroatoms. The number of hydrogen-bond donors (Lipinski definition) is 1. The van der Waals surface area contributed by atoms with Gasteiger partial charge in [0.15, 0.2) is 11.4 Å². The molecule has 92 valence electrons. The van der Waals surface area contributed by atoms with Gasteiger partial charge >= 0.3 is 0 Å². The van der Waals surface area contributed by atoms with Crippen LogP contribution in [0.15, 0.2) is 22.6 Å². The zero-order valence-corrected chi connectivity index (χ0v) is 9.92. The highest BCUT2D eigenvalue weighted by Crippen LogP contribution is 2.36. The van der Waals surface area contributed by atoms with Crippen LogP contribution >= 0.6 is 0 Å². The van der Waals surface area contributed by atoms with E-state index < -0.39 is 23.2 Å². The molecule has 0 radical (unpaired) electrons. The molecule has 0 saturated carbocycles. The highest BCUT2D eigenvalue weighted by molar-refractivity contribution is 5.78. The summed E-state index contributed by atoms with van der Waals surface area (Å²) in [5.41, 5.74) is -0.451. The molecule has 2 nitrogen and oxygen atoms in total. The molecule has 2 rings (SSSR count). The summed E-state index contributed by atoms with van der Waals surface area (Å²) in [6.07, 6.45) is -0.864. The first-order valence-corrected chi connectivity index (χ1v) is 5.35. The fraction of sp³-hybridized carbons (Fsp3) is 0.385. The van der Waals surface area contributed by atoms with Crippen molar-refractivity contribution in [1.82, 2.24) is 0 Å². The van der Waals surface area contributed by atoms with Crippen LogP contribution in [0.1, 0.15) is 32.6 Å². The molecule has 0 aliphatic carbocycles. The molecule has 17 heavy (non-hydrogen) atoms. The van der Waals surface area contributed by atoms with Crippen molar-refractivity contribution >= 4 is 11.0 Å². The monoisotopic (exact) mass is 240 g/mol. The van der Waals surface area contributed by atoms with E-state index in [0.717, 1.165) is 6.07 Å². The molecule has 2 aromatic rings. The van der Waals surface area contributed by atoms with Crippen molar-refractivity contribution in [3.63, 3.8) is 0 Å². The summed E-state index contributed by atoms with van der Waals surface area (Å²) in [5.74, 6) is -1.17. The number of fused-ring (bicyclic) bond motifs is 1. The topological polar surface area (TPSA) is 33.4 Å². The predicted octanol–water partition coefficient (Wildman–Crippen LogP) is 3.79. The van der Waals surface area contributed by atoms with Crippen LogP contribution in [-0.4, -0.2) is 5.11 Å². The van der Waals surface area contributed by atoms with Crippen LogP contribution in [0.2, 0.25) is 0 Å². The lowest BCUT2D eigenvalue weighted by Gasteiger charge is -2.23. The molecule has 1 unspecified atom stereocenters. The lowest BCUT2D eigenvalue weighted by atomic mass is 9.88. The molecular weight excluding hydrogens is 226 g/mol. The Balaban J connectivity index is 2.56. The van der Waals surface area contributed by atoms with Gasteiger partial charge in [-0.3, -0.25) is 0 Å². The maximum Gasteiger partial charge on any atom is 0.170 e. The van der Waals surface area contributed by atoms with E-state index in [2.05, 4.69) is 0 Å². The van der Waals surface area contributed by atoms with Gasteiger partial charge in [-0.15, -0.1) is 0 Å². The standard InChI is InChI=1S/C13H14F2O2/c1-13(2,3)12(16)10-5-7-4-8(14)6-9(15)11(7)17-10/h4-6,12,16H,1-3H3. The van der Waals surface area contributed by atoms with E-state index in [9.17, 15) is 13.9 Å². The van der Waals surface area contributed by atoms with Crippen molar-refractivity contribution in [2.24, 2.45) is 5.41 Å². The van der Waals surface area contributed by atoms with Crippen molar-refractivity contribution in [2.75, 3.05) is 0 Å². The second kappa shape index (κ2) is 3.81. The normalized spacial score (nSPS) is 14.2. The van der Waals surface area contributed by atoms with Crippen molar-refractivity contribution in [2.45, 2.75) is 26.9 Å². The predicted molar refractivity (Wildman–Crippen MR) is 60.5 cm³/mol. The van der Waals surface area contributed by atoms with E-state index in [1.807, 2.05) is 20.8 Å². The Kier molecular flexibility index (Phi) is 2.70. The summed E-state index contributed by atoms with van der Waals surface area (Å²) in [5, 5.41) is 10.3. The van der Waals surface area contributed by atoms with Gasteiger partial charge in [0.2, 0.25) is 0 Å². The average Bonchev–Trinajstić information content (AvgIpc) is 2.58. The summed E-state index contributed by atoms with van der Waals surface area (Å²) in [6.45, 7) is 5.51. The van der Waals surface area contributed by atoms with E-state index in [1.54, 1.807) is 0 Å². The van der Waals surface area contributed by atoms with E-state index in [-0.39, 0.29) is 11.3 Å². The number of benzene rings is 1. The highest BCUT2D eigenvalue weighted by atomic mass is 19.1. The quantitative estimate of drug-likeness (QED) is 0.822. The molecule has 0 aliphatic heterocycles. The molecular formula is C13H14F2O2. The van der Waals surface area contributed by atoms with Crippen molar-refractivity contribution in [3.05, 3.63) is 35.6 Å². The van der Waals surface area contributed by atoms with Crippen LogP contribution in [0.25, 0.3) is 11.0 Å². The van der Waals surface area contributed by atoms with Gasteiger partial charge in [0.25, 0.3) is 0 Å². The molecule has 0 fully saturated rings. The number of hydrogen-bond acceptors (Lipinski definition) is 2. The molecule has 1 aromatic heterocycles. The molecule has 0 bridgehead atoms. The zero-order valence-electron chi connectivity index (χ0n) is 9.92. The lowest BCUT2D eigenvalue weighted by molar-refractivity contribution is 0.0447. The smallest absolute Gasteiger partial charge is 0.170 e. The molecule has 1 heterocycles. The summed E-state index contributed by atoms with van der Waals surface area (Å²) in [6, 6.07) is 3.41. The minimum Gasteiger partial charge on any atom is -0.455 e. The van der Waals surface area contributed by atoms with Crippen LogP contribution in [0, 0.1) is 17.0 Å². The third-order valence-corrected chi connectivity index (χ3v) is 2.64. The summed E-state index contributed by atoms with van der Waals surface area (Å²) in [4.78, 5) is 0. The number of aliphatic hydroxyl groups excluding tert-OH is 1. The average molecular weight is 240 g/mol. The Bertz CT molecular complexity index is 552. The van der Waals surface area contributed by atoms with Gasteiger partial charge in [-0.05, 0) is 17.5 Å². The van der Waals surface area contributed by atoms with Crippen LogP contribution in [0.5, 0.6) is 0 Å². The molecule has 0 saturated heterocycles. The van der Waals surface area contributed by atoms with Gasteiger partial charge < -0.3 is 9.52 Å². The SMILES string of the molecule is CC(C)(C)C(O)c1cc2cc(F)cc(F)c2o1. The Labute approximate surface area is 97.9 Å². The van der Waals surface area contributed by atoms with Gasteiger partial charge in [0.05, 0.1) is 0 Å². The van der Waals surface area contributed by atoms with E-state index in [1.165, 1.54) is 12.1 Å². The minimum absolute atomic E-state index is 0.0234. The molecule has 0 aliphatic rings. The first kappa shape index (κ1) is 12.0. The third-order valence-electron chi connectivity index (χ3n) is 2.64. The van der Waals surface area contributed by atoms with Gasteiger partial charge in [-0.25, -0.2) is 8.78 Å². The molecule has 0 spiro atoms. The Hall–Kier alpha value is -1.42. The van der Waals surface area contributed by atoms with Crippen LogP contribution < -0.4 is 0 Å². The highest BCUT2D eigenvalue weighted by Gasteiger charge is 2.27. The van der Waals surface area contributed by atoms with Gasteiger partial charge in [-0.1, -0.05) is 20.8 Å². The fourth-order valence-corrected chi connectivity index (χ4v) is 1.66. The maximum absolute atomic E-state index is 13.4. The first-order valence-electron chi connectivity index (χ1n) is 5.35. The Morgan fingerprint density at radius 1 is 1.18 bits per heavy atom. The summed E-state index contributed by atoms with van der Waals surface area (Å²) in [7, 11) is 0. The molecule has 1 atom stereocenters. The van der Waals surface area contributed by atoms with Gasteiger partial charge in [0.1, 0.15) is 17.7 Å². The van der Waals surface area contributed by atoms with Crippen LogP contribution in [0.4, 0.5) is 8.78 Å². The largest absolute Gasteiger partial charge is 0.455 e. The van der Waals surface area contributed by atoms with E-state index >= 15 is 0 Å². The maximum atomic E-state index is 13.4. The zero-order chi connectivity index (χ0) is 12.8. The van der Waals surface area contributed by atoms with E-state index in [0.29, 0.717) is 5.39 Å². The second-order valence-corrected chi connectivity index (χ2v) is 5.22. The number of halogens is 2. The number of rotatable bonds is 1. The molecule has 1 aromatic carbocycles. The van der Waals surface area contributed by atoms with Crippen molar-refractivity contribution in [3.8, 4) is 0 Å². The lowest BCUT2D eigenvalue weighted by Crippen LogP contribution is -2.16. The summed E-state index contributed by atoms with van der Waals surface area (Å²) >= 11 is 0. The Morgan fingerprint density at radius 3 is 2.41 bits per heavy atom. The van der Waals surface area contributed by atoms with Crippen molar-refractivity contribution < 1.29 is 18.3 Å². The van der Waals surface area contributed by atoms with E-state index in [4.69, 9.17) is 4.42 Å². The summed E-state index contributed by atoms with van der Waals surface area (Å²) < 4.78 is 31.7. The van der Waals surface area contributed by atoms with Crippen LogP contribution in [-0.2, 0) is 0 Å². The minimum atomic E-state index is -0.864. The van der Waals surface area contributed by atoms with Crippen molar-refractivity contribution in [1.29, 1.82) is 0 Å². The molecule has 0 amide bonds. The fourth-order valence-electron chi connectivity index (χ4n) is 1.66. The third kappa shape index (κ3) is 2.17. The first-order chi connectivity index (χ1) is 7.79. The number of furan rings is 1. The number of aliphatic hydroxyl groups is 1. The second-order valence-electron chi connectivity index (χ2n) is 5.22. The van der Waals surface area contributed by atoms with Gasteiger partial charge in [0, 0.05) is 11.5 Å².